The summed E-state index contributed by atoms with van der Waals surface area (Å²) in [4.78, 5) is 0. The smallest absolute Gasteiger partial charge is 0.119 e. The average molecular weight is 295 g/mol. The van der Waals surface area contributed by atoms with Gasteiger partial charge in [-0.25, -0.2) is 0 Å². The van der Waals surface area contributed by atoms with E-state index in [0.717, 1.165) is 31.4 Å². The Bertz CT molecular complexity index is 544. The fraction of sp³-hybridized carbons (Fsp3) is 0.400. The van der Waals surface area contributed by atoms with Gasteiger partial charge < -0.3 is 10.1 Å². The van der Waals surface area contributed by atoms with E-state index in [0.29, 0.717) is 0 Å². The molecule has 0 unspecified atom stereocenters. The minimum absolute atomic E-state index is 0.719. The molecule has 1 aliphatic carbocycles. The minimum atomic E-state index is 0.719. The maximum Gasteiger partial charge on any atom is 0.119 e. The van der Waals surface area contributed by atoms with Crippen molar-refractivity contribution in [3.63, 3.8) is 0 Å². The molecule has 22 heavy (non-hydrogen) atoms. The minimum Gasteiger partial charge on any atom is -0.492 e. The number of hydrogen-bond donors (Lipinski definition) is 1. The molecule has 0 aliphatic heterocycles. The topological polar surface area (TPSA) is 21.3 Å². The largest absolute Gasteiger partial charge is 0.492 e. The van der Waals surface area contributed by atoms with Crippen molar-refractivity contribution in [2.45, 2.75) is 38.1 Å². The van der Waals surface area contributed by atoms with Gasteiger partial charge in [0.05, 0.1) is 0 Å². The van der Waals surface area contributed by atoms with Crippen molar-refractivity contribution in [3.8, 4) is 5.75 Å². The predicted molar refractivity (Wildman–Crippen MR) is 91.4 cm³/mol. The lowest BCUT2D eigenvalue weighted by molar-refractivity contribution is 0.305. The number of benzene rings is 2. The van der Waals surface area contributed by atoms with Gasteiger partial charge in [0.25, 0.3) is 0 Å². The third kappa shape index (κ3) is 4.60. The first-order valence-corrected chi connectivity index (χ1v) is 8.39. The van der Waals surface area contributed by atoms with Gasteiger partial charge in [-0.1, -0.05) is 55.3 Å². The lowest BCUT2D eigenvalue weighted by Gasteiger charge is -2.12. The van der Waals surface area contributed by atoms with E-state index in [-0.39, 0.29) is 0 Å². The summed E-state index contributed by atoms with van der Waals surface area (Å²) in [6.45, 7) is 1.69. The Kier molecular flexibility index (Phi) is 5.49. The first kappa shape index (κ1) is 15.1. The molecule has 2 nitrogen and oxygen atoms in total. The lowest BCUT2D eigenvalue weighted by atomic mass is 10.1. The van der Waals surface area contributed by atoms with Crippen molar-refractivity contribution in [2.24, 2.45) is 0 Å². The number of ether oxygens (including phenoxy) is 1. The van der Waals surface area contributed by atoms with Crippen molar-refractivity contribution >= 4 is 0 Å². The highest BCUT2D eigenvalue weighted by atomic mass is 16.5. The highest BCUT2D eigenvalue weighted by Crippen LogP contribution is 2.18. The molecule has 0 saturated heterocycles. The van der Waals surface area contributed by atoms with Gasteiger partial charge in [-0.2, -0.15) is 0 Å². The quantitative estimate of drug-likeness (QED) is 0.773. The second-order valence-electron chi connectivity index (χ2n) is 6.09. The number of hydrogen-bond acceptors (Lipinski definition) is 2. The van der Waals surface area contributed by atoms with Crippen LogP contribution in [0.3, 0.4) is 0 Å². The van der Waals surface area contributed by atoms with Crippen LogP contribution in [0.25, 0.3) is 0 Å². The van der Waals surface area contributed by atoms with Gasteiger partial charge in [-0.15, -0.1) is 0 Å². The summed E-state index contributed by atoms with van der Waals surface area (Å²) in [5, 5.41) is 3.57. The Balaban J connectivity index is 1.41. The Morgan fingerprint density at radius 3 is 2.27 bits per heavy atom. The van der Waals surface area contributed by atoms with Crippen molar-refractivity contribution in [3.05, 3.63) is 65.7 Å². The van der Waals surface area contributed by atoms with Gasteiger partial charge in [0.1, 0.15) is 12.4 Å². The molecule has 0 spiro atoms. The van der Waals surface area contributed by atoms with E-state index in [9.17, 15) is 0 Å². The van der Waals surface area contributed by atoms with Gasteiger partial charge in [0.15, 0.2) is 0 Å². The van der Waals surface area contributed by atoms with Crippen molar-refractivity contribution in [1.82, 2.24) is 5.32 Å². The van der Waals surface area contributed by atoms with E-state index >= 15 is 0 Å². The molecule has 0 radical (unpaired) electrons. The first-order chi connectivity index (χ1) is 10.9. The number of nitrogens with one attached hydrogen (secondary N) is 1. The van der Waals surface area contributed by atoms with Crippen molar-refractivity contribution in [2.75, 3.05) is 13.2 Å². The molecule has 0 heterocycles. The van der Waals surface area contributed by atoms with Crippen LogP contribution in [0.5, 0.6) is 5.75 Å². The fourth-order valence-electron chi connectivity index (χ4n) is 3.10. The highest BCUT2D eigenvalue weighted by molar-refractivity contribution is 5.31. The number of rotatable bonds is 7. The lowest BCUT2D eigenvalue weighted by Crippen LogP contribution is -2.30. The normalized spacial score (nSPS) is 15.1. The van der Waals surface area contributed by atoms with E-state index in [1.807, 2.05) is 0 Å². The van der Waals surface area contributed by atoms with E-state index in [2.05, 4.69) is 59.9 Å². The van der Waals surface area contributed by atoms with Gasteiger partial charge >= 0.3 is 0 Å². The molecule has 2 heteroatoms. The van der Waals surface area contributed by atoms with Gasteiger partial charge in [0.2, 0.25) is 0 Å². The second kappa shape index (κ2) is 8.00. The summed E-state index contributed by atoms with van der Waals surface area (Å²) >= 11 is 0. The summed E-state index contributed by atoms with van der Waals surface area (Å²) in [5.41, 5.74) is 2.67. The van der Waals surface area contributed by atoms with Crippen molar-refractivity contribution in [1.29, 1.82) is 0 Å². The van der Waals surface area contributed by atoms with E-state index < -0.39 is 0 Å². The van der Waals surface area contributed by atoms with E-state index in [1.165, 1.54) is 36.8 Å². The summed E-state index contributed by atoms with van der Waals surface area (Å²) in [6, 6.07) is 19.8. The monoisotopic (exact) mass is 295 g/mol. The maximum atomic E-state index is 5.81. The van der Waals surface area contributed by atoms with Gasteiger partial charge in [0, 0.05) is 12.6 Å². The zero-order valence-corrected chi connectivity index (χ0v) is 13.1. The van der Waals surface area contributed by atoms with Crippen LogP contribution in [0, 0.1) is 0 Å². The maximum absolute atomic E-state index is 5.81. The van der Waals surface area contributed by atoms with Crippen LogP contribution in [0.2, 0.25) is 0 Å². The Labute approximate surface area is 133 Å². The molecule has 1 N–H and O–H groups in total. The molecular weight excluding hydrogens is 270 g/mol. The third-order valence-electron chi connectivity index (χ3n) is 4.33. The molecule has 0 atom stereocenters. The first-order valence-electron chi connectivity index (χ1n) is 8.39. The summed E-state index contributed by atoms with van der Waals surface area (Å²) < 4.78 is 5.81. The van der Waals surface area contributed by atoms with Gasteiger partial charge in [-0.3, -0.25) is 0 Å². The van der Waals surface area contributed by atoms with Crippen LogP contribution in [0.15, 0.2) is 54.6 Å². The Morgan fingerprint density at radius 1 is 0.864 bits per heavy atom. The molecule has 2 aromatic carbocycles. The summed E-state index contributed by atoms with van der Waals surface area (Å²) in [6.07, 6.45) is 6.38. The molecule has 1 saturated carbocycles. The molecule has 116 valence electrons. The fourth-order valence-corrected chi connectivity index (χ4v) is 3.10. The van der Waals surface area contributed by atoms with Crippen LogP contribution in [0.4, 0.5) is 0 Å². The predicted octanol–water partition coefficient (Wildman–Crippen LogP) is 4.19. The molecular formula is C20H25NO. The Morgan fingerprint density at radius 2 is 1.55 bits per heavy atom. The Hall–Kier alpha value is -1.80. The van der Waals surface area contributed by atoms with Crippen LogP contribution < -0.4 is 10.1 Å². The van der Waals surface area contributed by atoms with Gasteiger partial charge in [-0.05, 0) is 42.5 Å². The zero-order valence-electron chi connectivity index (χ0n) is 13.1. The average Bonchev–Trinajstić information content (AvgIpc) is 3.07. The van der Waals surface area contributed by atoms with Crippen LogP contribution in [0.1, 0.15) is 36.8 Å². The van der Waals surface area contributed by atoms with Crippen LogP contribution >= 0.6 is 0 Å². The summed E-state index contributed by atoms with van der Waals surface area (Å²) in [7, 11) is 0. The van der Waals surface area contributed by atoms with Crippen LogP contribution in [-0.4, -0.2) is 19.2 Å². The standard InChI is InChI=1S/C20H25NO/c1-2-6-17(7-3-1)16-18-10-12-20(13-11-18)22-15-14-21-19-8-4-5-9-19/h1-3,6-7,10-13,19,21H,4-5,8-9,14-16H2. The van der Waals surface area contributed by atoms with E-state index in [4.69, 9.17) is 4.74 Å². The third-order valence-corrected chi connectivity index (χ3v) is 4.33. The molecule has 3 rings (SSSR count). The molecule has 1 aliphatic rings. The molecule has 0 amide bonds. The molecule has 0 bridgehead atoms. The summed E-state index contributed by atoms with van der Waals surface area (Å²) in [5.74, 6) is 0.963. The second-order valence-corrected chi connectivity index (χ2v) is 6.09. The molecule has 2 aromatic rings. The van der Waals surface area contributed by atoms with E-state index in [1.54, 1.807) is 0 Å². The highest BCUT2D eigenvalue weighted by Gasteiger charge is 2.13. The van der Waals surface area contributed by atoms with Crippen molar-refractivity contribution < 1.29 is 4.74 Å². The molecule has 1 fully saturated rings. The SMILES string of the molecule is c1ccc(Cc2ccc(OCCNC3CCCC3)cc2)cc1. The zero-order chi connectivity index (χ0) is 15.0. The van der Waals surface area contributed by atoms with Crippen LogP contribution in [-0.2, 0) is 6.42 Å². The molecule has 0 aromatic heterocycles.